The Bertz CT molecular complexity index is 540. The lowest BCUT2D eigenvalue weighted by atomic mass is 10.2. The molecule has 0 unspecified atom stereocenters. The van der Waals surface area contributed by atoms with Crippen molar-refractivity contribution in [2.45, 2.75) is 0 Å². The third kappa shape index (κ3) is 1.52. The van der Waals surface area contributed by atoms with Crippen molar-refractivity contribution < 1.29 is 13.7 Å². The van der Waals surface area contributed by atoms with Crippen molar-refractivity contribution >= 4 is 5.69 Å². The lowest BCUT2D eigenvalue weighted by Gasteiger charge is -2.05. The highest BCUT2D eigenvalue weighted by atomic mass is 19.2. The van der Waals surface area contributed by atoms with Crippen LogP contribution in [0.25, 0.3) is 5.69 Å². The Morgan fingerprint density at radius 2 is 2.12 bits per heavy atom. The van der Waals surface area contributed by atoms with Crippen LogP contribution in [0.2, 0.25) is 0 Å². The van der Waals surface area contributed by atoms with Crippen LogP contribution < -0.4 is 0 Å². The molecule has 0 aliphatic rings. The summed E-state index contributed by atoms with van der Waals surface area (Å²) in [5.74, 6) is -2.42. The number of benzene rings is 1. The van der Waals surface area contributed by atoms with E-state index in [1.807, 2.05) is 0 Å². The topological polar surface area (TPSA) is 61.0 Å². The first-order valence-corrected chi connectivity index (χ1v) is 4.22. The summed E-state index contributed by atoms with van der Waals surface area (Å²) in [5, 5.41) is 10.7. The number of nitro groups is 1. The summed E-state index contributed by atoms with van der Waals surface area (Å²) in [6.07, 6.45) is 3.77. The summed E-state index contributed by atoms with van der Waals surface area (Å²) in [6, 6.07) is 1.63. The summed E-state index contributed by atoms with van der Waals surface area (Å²) in [5.41, 5.74) is -0.973. The highest BCUT2D eigenvalue weighted by molar-refractivity contribution is 5.53. The molecule has 2 rings (SSSR count). The SMILES string of the molecule is O=[N+]([O-])c1ccc(F)c(F)c1-n1ccnc1. The summed E-state index contributed by atoms with van der Waals surface area (Å²) < 4.78 is 27.5. The number of halogens is 2. The molecule has 7 heteroatoms. The highest BCUT2D eigenvalue weighted by Crippen LogP contribution is 2.27. The van der Waals surface area contributed by atoms with Crippen LogP contribution in [-0.4, -0.2) is 14.5 Å². The molecule has 1 aromatic carbocycles. The fraction of sp³-hybridized carbons (Fsp3) is 0. The molecule has 5 nitrogen and oxygen atoms in total. The quantitative estimate of drug-likeness (QED) is 0.580. The van der Waals surface area contributed by atoms with E-state index in [0.717, 1.165) is 17.0 Å². The van der Waals surface area contributed by atoms with Gasteiger partial charge in [-0.3, -0.25) is 14.7 Å². The van der Waals surface area contributed by atoms with Crippen LogP contribution in [0.1, 0.15) is 0 Å². The molecule has 0 saturated heterocycles. The zero-order valence-corrected chi connectivity index (χ0v) is 7.80. The van der Waals surface area contributed by atoms with Gasteiger partial charge in [0, 0.05) is 18.5 Å². The Labute approximate surface area is 88.1 Å². The smallest absolute Gasteiger partial charge is 0.296 e. The van der Waals surface area contributed by atoms with Crippen LogP contribution in [0.3, 0.4) is 0 Å². The first-order chi connectivity index (χ1) is 7.61. The Hall–Kier alpha value is -2.31. The molecule has 0 fully saturated rings. The average Bonchev–Trinajstić information content (AvgIpc) is 2.74. The highest BCUT2D eigenvalue weighted by Gasteiger charge is 2.22. The Kier molecular flexibility index (Phi) is 2.35. The second kappa shape index (κ2) is 3.69. The van der Waals surface area contributed by atoms with Gasteiger partial charge in [0.1, 0.15) is 0 Å². The maximum atomic E-state index is 13.5. The second-order valence-electron chi connectivity index (χ2n) is 2.96. The molecule has 0 radical (unpaired) electrons. The van der Waals surface area contributed by atoms with E-state index in [9.17, 15) is 18.9 Å². The fourth-order valence-electron chi connectivity index (χ4n) is 1.31. The van der Waals surface area contributed by atoms with E-state index in [1.54, 1.807) is 0 Å². The van der Waals surface area contributed by atoms with E-state index in [1.165, 1.54) is 12.4 Å². The van der Waals surface area contributed by atoms with Gasteiger partial charge in [-0.05, 0) is 6.07 Å². The van der Waals surface area contributed by atoms with Gasteiger partial charge in [-0.25, -0.2) is 13.8 Å². The lowest BCUT2D eigenvalue weighted by Crippen LogP contribution is -2.03. The molecule has 1 heterocycles. The molecular formula is C9H5F2N3O2. The molecule has 82 valence electrons. The van der Waals surface area contributed by atoms with Crippen molar-refractivity contribution in [1.82, 2.24) is 9.55 Å². The molecule has 0 amide bonds. The van der Waals surface area contributed by atoms with E-state index in [4.69, 9.17) is 0 Å². The molecule has 16 heavy (non-hydrogen) atoms. The van der Waals surface area contributed by atoms with Crippen LogP contribution in [0.4, 0.5) is 14.5 Å². The molecule has 1 aromatic heterocycles. The standard InChI is InChI=1S/C9H5F2N3O2/c10-6-1-2-7(14(15)16)9(8(6)11)13-4-3-12-5-13/h1-5H. The zero-order valence-electron chi connectivity index (χ0n) is 7.80. The minimum atomic E-state index is -1.27. The number of nitrogens with zero attached hydrogens (tertiary/aromatic N) is 3. The molecule has 0 bridgehead atoms. The third-order valence-corrected chi connectivity index (χ3v) is 2.01. The van der Waals surface area contributed by atoms with Crippen LogP contribution in [-0.2, 0) is 0 Å². The van der Waals surface area contributed by atoms with E-state index in [0.29, 0.717) is 6.07 Å². The molecule has 0 saturated carbocycles. The van der Waals surface area contributed by atoms with E-state index < -0.39 is 27.9 Å². The fourth-order valence-corrected chi connectivity index (χ4v) is 1.31. The van der Waals surface area contributed by atoms with Crippen molar-refractivity contribution in [3.63, 3.8) is 0 Å². The van der Waals surface area contributed by atoms with Crippen LogP contribution >= 0.6 is 0 Å². The predicted molar refractivity (Wildman–Crippen MR) is 50.1 cm³/mol. The van der Waals surface area contributed by atoms with Gasteiger partial charge in [-0.2, -0.15) is 0 Å². The molecule has 0 atom stereocenters. The summed E-state index contributed by atoms with van der Waals surface area (Å²) >= 11 is 0. The van der Waals surface area contributed by atoms with Gasteiger partial charge >= 0.3 is 0 Å². The number of imidazole rings is 1. The molecule has 0 aliphatic heterocycles. The Morgan fingerprint density at radius 3 is 2.69 bits per heavy atom. The predicted octanol–water partition coefficient (Wildman–Crippen LogP) is 2.06. The maximum Gasteiger partial charge on any atom is 0.296 e. The minimum absolute atomic E-state index is 0.456. The maximum absolute atomic E-state index is 13.5. The number of hydrogen-bond donors (Lipinski definition) is 0. The van der Waals surface area contributed by atoms with Gasteiger partial charge in [0.25, 0.3) is 5.69 Å². The average molecular weight is 225 g/mol. The first kappa shape index (κ1) is 10.2. The Balaban J connectivity index is 2.74. The van der Waals surface area contributed by atoms with Gasteiger partial charge < -0.3 is 0 Å². The number of hydrogen-bond acceptors (Lipinski definition) is 3. The van der Waals surface area contributed by atoms with E-state index in [-0.39, 0.29) is 0 Å². The van der Waals surface area contributed by atoms with E-state index in [2.05, 4.69) is 4.98 Å². The monoisotopic (exact) mass is 225 g/mol. The molecule has 0 spiro atoms. The van der Waals surface area contributed by atoms with Gasteiger partial charge in [0.15, 0.2) is 17.3 Å². The van der Waals surface area contributed by atoms with E-state index >= 15 is 0 Å². The largest absolute Gasteiger partial charge is 0.298 e. The van der Waals surface area contributed by atoms with Crippen LogP contribution in [0.5, 0.6) is 0 Å². The second-order valence-corrected chi connectivity index (χ2v) is 2.96. The van der Waals surface area contributed by atoms with Gasteiger partial charge in [-0.15, -0.1) is 0 Å². The molecule has 0 aliphatic carbocycles. The summed E-state index contributed by atoms with van der Waals surface area (Å²) in [6.45, 7) is 0. The number of aromatic nitrogens is 2. The summed E-state index contributed by atoms with van der Waals surface area (Å²) in [7, 11) is 0. The lowest BCUT2D eigenvalue weighted by molar-refractivity contribution is -0.384. The van der Waals surface area contributed by atoms with Crippen molar-refractivity contribution in [3.05, 3.63) is 52.6 Å². The van der Waals surface area contributed by atoms with Crippen molar-refractivity contribution in [3.8, 4) is 5.69 Å². The minimum Gasteiger partial charge on any atom is -0.298 e. The van der Waals surface area contributed by atoms with Gasteiger partial charge in [0.05, 0.1) is 11.3 Å². The molecular weight excluding hydrogens is 220 g/mol. The van der Waals surface area contributed by atoms with Crippen LogP contribution in [0, 0.1) is 21.7 Å². The van der Waals surface area contributed by atoms with Crippen LogP contribution in [0.15, 0.2) is 30.9 Å². The summed E-state index contributed by atoms with van der Waals surface area (Å²) in [4.78, 5) is 13.5. The van der Waals surface area contributed by atoms with Crippen molar-refractivity contribution in [2.75, 3.05) is 0 Å². The third-order valence-electron chi connectivity index (χ3n) is 2.01. The van der Waals surface area contributed by atoms with Crippen molar-refractivity contribution in [2.24, 2.45) is 0 Å². The first-order valence-electron chi connectivity index (χ1n) is 4.22. The Morgan fingerprint density at radius 1 is 1.38 bits per heavy atom. The van der Waals surface area contributed by atoms with Crippen molar-refractivity contribution in [1.29, 1.82) is 0 Å². The number of rotatable bonds is 2. The molecule has 2 aromatic rings. The van der Waals surface area contributed by atoms with Gasteiger partial charge in [-0.1, -0.05) is 0 Å². The normalized spacial score (nSPS) is 10.4. The zero-order chi connectivity index (χ0) is 11.7. The molecule has 0 N–H and O–H groups in total. The van der Waals surface area contributed by atoms with Gasteiger partial charge in [0.2, 0.25) is 0 Å². The number of nitro benzene ring substituents is 1.